The molecule has 0 bridgehead atoms. The van der Waals surface area contributed by atoms with Crippen LogP contribution in [0.5, 0.6) is 0 Å². The normalized spacial score (nSPS) is 13.9. The van der Waals surface area contributed by atoms with E-state index in [4.69, 9.17) is 32.4 Å². The summed E-state index contributed by atoms with van der Waals surface area (Å²) < 4.78 is 10.6. The monoisotopic (exact) mass is 446 g/mol. The van der Waals surface area contributed by atoms with Gasteiger partial charge in [0, 0.05) is 30.4 Å². The Morgan fingerprint density at radius 1 is 1.03 bits per heavy atom. The lowest BCUT2D eigenvalue weighted by Crippen LogP contribution is -2.40. The topological polar surface area (TPSA) is 97.6 Å². The molecule has 1 saturated heterocycles. The fraction of sp³-hybridized carbons (Fsp3) is 0.200. The lowest BCUT2D eigenvalue weighted by Gasteiger charge is -2.25. The smallest absolute Gasteiger partial charge is 0.302 e. The van der Waals surface area contributed by atoms with Crippen LogP contribution in [0.4, 0.5) is 6.01 Å². The molecule has 2 aromatic heterocycles. The third kappa shape index (κ3) is 4.46. The summed E-state index contributed by atoms with van der Waals surface area (Å²) in [6.07, 6.45) is 2.80. The lowest BCUT2D eigenvalue weighted by molar-refractivity contribution is 0.0283. The number of oxazole rings is 1. The molecule has 30 heavy (non-hydrogen) atoms. The molecule has 1 aromatic carbocycles. The van der Waals surface area contributed by atoms with Crippen LogP contribution >= 0.6 is 23.2 Å². The molecular weight excluding hydrogens is 431 g/mol. The molecule has 0 atom stereocenters. The van der Waals surface area contributed by atoms with Crippen molar-refractivity contribution in [3.05, 3.63) is 64.1 Å². The summed E-state index contributed by atoms with van der Waals surface area (Å²) >= 11 is 12.0. The molecule has 1 fully saturated rings. The van der Waals surface area contributed by atoms with Gasteiger partial charge in [0.05, 0.1) is 35.1 Å². The minimum absolute atomic E-state index is 0.0541. The second-order valence-corrected chi connectivity index (χ2v) is 7.26. The Morgan fingerprint density at radius 2 is 1.83 bits per heavy atom. The summed E-state index contributed by atoms with van der Waals surface area (Å²) in [7, 11) is 0. The quantitative estimate of drug-likeness (QED) is 0.654. The highest BCUT2D eigenvalue weighted by atomic mass is 35.5. The maximum Gasteiger partial charge on any atom is 0.302 e. The number of anilines is 1. The molecule has 0 unspecified atom stereocenters. The number of ether oxygens (including phenoxy) is 1. The summed E-state index contributed by atoms with van der Waals surface area (Å²) in [6.45, 7) is 1.92. The van der Waals surface area contributed by atoms with Crippen molar-refractivity contribution < 1.29 is 18.7 Å². The molecular formula is C20H16Cl2N4O4. The molecule has 1 aliphatic rings. The molecule has 3 heterocycles. The molecule has 4 rings (SSSR count). The van der Waals surface area contributed by atoms with E-state index in [-0.39, 0.29) is 17.7 Å². The van der Waals surface area contributed by atoms with Gasteiger partial charge < -0.3 is 14.1 Å². The molecule has 3 aromatic rings. The van der Waals surface area contributed by atoms with E-state index in [2.05, 4.69) is 15.3 Å². The van der Waals surface area contributed by atoms with Crippen LogP contribution in [0.15, 0.2) is 47.1 Å². The maximum absolute atomic E-state index is 12.6. The zero-order chi connectivity index (χ0) is 21.1. The van der Waals surface area contributed by atoms with Crippen LogP contribution in [-0.4, -0.2) is 53.0 Å². The van der Waals surface area contributed by atoms with Crippen molar-refractivity contribution in [1.29, 1.82) is 0 Å². The third-order valence-corrected chi connectivity index (χ3v) is 5.21. The largest absolute Gasteiger partial charge is 0.418 e. The van der Waals surface area contributed by atoms with Crippen molar-refractivity contribution in [2.45, 2.75) is 0 Å². The Hall–Kier alpha value is -2.94. The first-order valence-electron chi connectivity index (χ1n) is 9.07. The summed E-state index contributed by atoms with van der Waals surface area (Å²) in [5.74, 6) is -0.693. The number of morpholine rings is 1. The number of amides is 2. The number of hydrogen-bond acceptors (Lipinski definition) is 6. The van der Waals surface area contributed by atoms with Crippen LogP contribution in [-0.2, 0) is 4.74 Å². The van der Waals surface area contributed by atoms with Crippen molar-refractivity contribution >= 4 is 41.0 Å². The molecule has 0 spiro atoms. The number of rotatable bonds is 4. The van der Waals surface area contributed by atoms with Crippen LogP contribution in [0.25, 0.3) is 11.3 Å². The molecule has 0 saturated carbocycles. The molecule has 154 valence electrons. The average Bonchev–Trinajstić information content (AvgIpc) is 3.24. The number of pyridine rings is 1. The molecule has 10 heteroatoms. The first-order valence-corrected chi connectivity index (χ1v) is 9.82. The summed E-state index contributed by atoms with van der Waals surface area (Å²) in [5, 5.41) is 3.37. The number of nitrogens with zero attached hydrogens (tertiary/aromatic N) is 3. The van der Waals surface area contributed by atoms with Crippen LogP contribution < -0.4 is 5.32 Å². The first-order chi connectivity index (χ1) is 14.5. The van der Waals surface area contributed by atoms with Crippen molar-refractivity contribution in [3.8, 4) is 11.3 Å². The number of carbonyl (C=O) groups excluding carboxylic acids is 2. The van der Waals surface area contributed by atoms with E-state index in [1.165, 1.54) is 12.4 Å². The number of nitrogens with one attached hydrogen (secondary N) is 1. The van der Waals surface area contributed by atoms with Crippen LogP contribution in [0.2, 0.25) is 10.0 Å². The average molecular weight is 447 g/mol. The molecule has 0 radical (unpaired) electrons. The maximum atomic E-state index is 12.6. The van der Waals surface area contributed by atoms with E-state index in [1.807, 2.05) is 0 Å². The third-order valence-electron chi connectivity index (χ3n) is 4.47. The van der Waals surface area contributed by atoms with Crippen LogP contribution in [0, 0.1) is 0 Å². The molecule has 1 aliphatic heterocycles. The summed E-state index contributed by atoms with van der Waals surface area (Å²) in [6, 6.07) is 8.19. The zero-order valence-electron chi connectivity index (χ0n) is 15.6. The van der Waals surface area contributed by atoms with Gasteiger partial charge in [-0.25, -0.2) is 4.98 Å². The molecule has 1 N–H and O–H groups in total. The van der Waals surface area contributed by atoms with Gasteiger partial charge >= 0.3 is 6.01 Å². The highest BCUT2D eigenvalue weighted by Gasteiger charge is 2.22. The molecule has 0 aliphatic carbocycles. The minimum Gasteiger partial charge on any atom is -0.418 e. The number of aromatic nitrogens is 2. The van der Waals surface area contributed by atoms with Gasteiger partial charge in [0.25, 0.3) is 11.8 Å². The van der Waals surface area contributed by atoms with Crippen molar-refractivity contribution in [2.75, 3.05) is 31.6 Å². The molecule has 2 amide bonds. The van der Waals surface area contributed by atoms with Gasteiger partial charge in [0.15, 0.2) is 0 Å². The van der Waals surface area contributed by atoms with Gasteiger partial charge in [0.1, 0.15) is 0 Å². The highest BCUT2D eigenvalue weighted by Crippen LogP contribution is 2.28. The van der Waals surface area contributed by atoms with Crippen LogP contribution in [0.1, 0.15) is 20.9 Å². The zero-order valence-corrected chi connectivity index (χ0v) is 17.1. The van der Waals surface area contributed by atoms with Gasteiger partial charge in [-0.1, -0.05) is 29.3 Å². The minimum atomic E-state index is -0.453. The first kappa shape index (κ1) is 20.3. The van der Waals surface area contributed by atoms with Crippen LogP contribution in [0.3, 0.4) is 0 Å². The highest BCUT2D eigenvalue weighted by molar-refractivity contribution is 6.42. The Morgan fingerprint density at radius 3 is 2.60 bits per heavy atom. The lowest BCUT2D eigenvalue weighted by atomic mass is 10.1. The van der Waals surface area contributed by atoms with Crippen molar-refractivity contribution in [3.63, 3.8) is 0 Å². The fourth-order valence-electron chi connectivity index (χ4n) is 2.91. The van der Waals surface area contributed by atoms with Gasteiger partial charge in [-0.05, 0) is 24.3 Å². The Balaban J connectivity index is 1.47. The fourth-order valence-corrected chi connectivity index (χ4v) is 3.21. The van der Waals surface area contributed by atoms with Crippen molar-refractivity contribution in [1.82, 2.24) is 14.9 Å². The summed E-state index contributed by atoms with van der Waals surface area (Å²) in [4.78, 5) is 34.9. The van der Waals surface area contributed by atoms with Gasteiger partial charge in [-0.15, -0.1) is 0 Å². The summed E-state index contributed by atoms with van der Waals surface area (Å²) in [5.41, 5.74) is 1.61. The predicted molar refractivity (Wildman–Crippen MR) is 111 cm³/mol. The van der Waals surface area contributed by atoms with E-state index in [9.17, 15) is 9.59 Å². The number of halogens is 2. The standard InChI is InChI=1S/C20H16Cl2N4O4/c21-14-2-1-12(9-15(14)22)16-10-13(3-4-23-16)18(27)25-20-24-11-17(30-20)19(28)26-5-7-29-8-6-26/h1-4,9-11H,5-8H2,(H,24,25,27). The van der Waals surface area contributed by atoms with E-state index in [0.29, 0.717) is 53.2 Å². The Kier molecular flexibility index (Phi) is 5.98. The van der Waals surface area contributed by atoms with E-state index >= 15 is 0 Å². The SMILES string of the molecule is O=C(Nc1ncc(C(=O)N2CCOCC2)o1)c1ccnc(-c2ccc(Cl)c(Cl)c2)c1. The molecule has 8 nitrogen and oxygen atoms in total. The number of carbonyl (C=O) groups is 2. The Bertz CT molecular complexity index is 1100. The second kappa shape index (κ2) is 8.83. The Labute approximate surface area is 181 Å². The second-order valence-electron chi connectivity index (χ2n) is 6.45. The van der Waals surface area contributed by atoms with Gasteiger partial charge in [-0.2, -0.15) is 0 Å². The number of hydrogen-bond donors (Lipinski definition) is 1. The van der Waals surface area contributed by atoms with E-state index < -0.39 is 5.91 Å². The van der Waals surface area contributed by atoms with Crippen molar-refractivity contribution in [2.24, 2.45) is 0 Å². The predicted octanol–water partition coefficient (Wildman–Crippen LogP) is 3.77. The van der Waals surface area contributed by atoms with E-state index in [0.717, 1.165) is 0 Å². The van der Waals surface area contributed by atoms with Gasteiger partial charge in [-0.3, -0.25) is 19.9 Å². The van der Waals surface area contributed by atoms with Gasteiger partial charge in [0.2, 0.25) is 5.76 Å². The number of benzene rings is 1. The van der Waals surface area contributed by atoms with E-state index in [1.54, 1.807) is 35.2 Å².